The van der Waals surface area contributed by atoms with Crippen LogP contribution in [0.15, 0.2) is 42.5 Å². The van der Waals surface area contributed by atoms with Gasteiger partial charge in [-0.15, -0.1) is 0 Å². The van der Waals surface area contributed by atoms with Crippen molar-refractivity contribution in [2.45, 2.75) is 32.4 Å². The number of aryl methyl sites for hydroxylation is 1. The van der Waals surface area contributed by atoms with Crippen molar-refractivity contribution in [1.29, 1.82) is 0 Å². The first-order valence-corrected chi connectivity index (χ1v) is 9.65. The highest BCUT2D eigenvalue weighted by atomic mass is 35.5. The maximum atomic E-state index is 12.9. The van der Waals surface area contributed by atoms with Gasteiger partial charge >= 0.3 is 0 Å². The maximum Gasteiger partial charge on any atom is 0.242 e. The Morgan fingerprint density at radius 3 is 2.37 bits per heavy atom. The van der Waals surface area contributed by atoms with Crippen molar-refractivity contribution in [1.82, 2.24) is 10.2 Å². The Labute approximate surface area is 174 Å². The summed E-state index contributed by atoms with van der Waals surface area (Å²) in [6, 6.07) is 11.9. The average molecular weight is 428 g/mol. The predicted molar refractivity (Wildman–Crippen MR) is 110 cm³/mol. The minimum absolute atomic E-state index is 0.156. The number of amides is 2. The van der Waals surface area contributed by atoms with Crippen molar-refractivity contribution in [2.24, 2.45) is 0 Å². The van der Waals surface area contributed by atoms with Gasteiger partial charge in [0.05, 0.1) is 0 Å². The molecule has 2 rings (SSSR count). The number of carbonyl (C=O) groups excluding carboxylic acids is 2. The molecular weight excluding hydrogens is 407 g/mol. The Hall–Kier alpha value is -1.75. The smallest absolute Gasteiger partial charge is 0.242 e. The van der Waals surface area contributed by atoms with E-state index in [1.54, 1.807) is 38.2 Å². The zero-order chi connectivity index (χ0) is 20.0. The average Bonchev–Trinajstić information content (AvgIpc) is 2.65. The minimum atomic E-state index is -0.638. The van der Waals surface area contributed by atoms with E-state index in [1.165, 1.54) is 4.90 Å². The summed E-state index contributed by atoms with van der Waals surface area (Å²) < 4.78 is 0. The van der Waals surface area contributed by atoms with Crippen LogP contribution >= 0.6 is 34.8 Å². The van der Waals surface area contributed by atoms with E-state index in [1.807, 2.05) is 18.2 Å². The Balaban J connectivity index is 2.19. The van der Waals surface area contributed by atoms with Gasteiger partial charge in [0.15, 0.2) is 0 Å². The van der Waals surface area contributed by atoms with Gasteiger partial charge in [-0.2, -0.15) is 0 Å². The van der Waals surface area contributed by atoms with Crippen molar-refractivity contribution in [3.05, 3.63) is 68.7 Å². The second-order valence-electron chi connectivity index (χ2n) is 6.14. The molecule has 0 heterocycles. The molecule has 2 amide bonds. The number of rotatable bonds is 7. The number of hydrogen-bond donors (Lipinski definition) is 1. The minimum Gasteiger partial charge on any atom is -0.357 e. The van der Waals surface area contributed by atoms with Crippen LogP contribution in [0.25, 0.3) is 0 Å². The predicted octanol–water partition coefficient (Wildman–Crippen LogP) is 4.74. The molecule has 0 bridgehead atoms. The molecule has 27 heavy (non-hydrogen) atoms. The van der Waals surface area contributed by atoms with Gasteiger partial charge in [-0.1, -0.05) is 59.1 Å². The second kappa shape index (κ2) is 9.98. The van der Waals surface area contributed by atoms with Crippen molar-refractivity contribution >= 4 is 46.6 Å². The zero-order valence-electron chi connectivity index (χ0n) is 15.1. The molecule has 0 aliphatic carbocycles. The molecule has 2 aromatic carbocycles. The van der Waals surface area contributed by atoms with Crippen LogP contribution in [0.1, 0.15) is 24.5 Å². The summed E-state index contributed by atoms with van der Waals surface area (Å²) in [5.41, 5.74) is 1.62. The molecule has 0 fully saturated rings. The number of nitrogens with zero attached hydrogens (tertiary/aromatic N) is 1. The first-order chi connectivity index (χ1) is 12.8. The highest BCUT2D eigenvalue weighted by Gasteiger charge is 2.26. The largest absolute Gasteiger partial charge is 0.357 e. The van der Waals surface area contributed by atoms with E-state index in [0.29, 0.717) is 21.5 Å². The fraction of sp³-hybridized carbons (Fsp3) is 0.300. The van der Waals surface area contributed by atoms with Crippen LogP contribution in [0.4, 0.5) is 0 Å². The molecule has 1 atom stereocenters. The Kier molecular flexibility index (Phi) is 7.96. The quantitative estimate of drug-likeness (QED) is 0.693. The molecule has 7 heteroatoms. The van der Waals surface area contributed by atoms with Crippen LogP contribution in [-0.4, -0.2) is 29.8 Å². The van der Waals surface area contributed by atoms with Gasteiger partial charge in [0, 0.05) is 35.1 Å². The first kappa shape index (κ1) is 21.5. The van der Waals surface area contributed by atoms with E-state index >= 15 is 0 Å². The lowest BCUT2D eigenvalue weighted by Gasteiger charge is -2.29. The first-order valence-electron chi connectivity index (χ1n) is 8.52. The molecule has 4 nitrogen and oxygen atoms in total. The van der Waals surface area contributed by atoms with Crippen LogP contribution in [-0.2, 0) is 22.6 Å². The summed E-state index contributed by atoms with van der Waals surface area (Å²) in [6.07, 6.45) is 0.722. The van der Waals surface area contributed by atoms with E-state index in [0.717, 1.165) is 11.1 Å². The molecule has 0 aliphatic rings. The Bertz CT molecular complexity index is 827. The highest BCUT2D eigenvalue weighted by molar-refractivity contribution is 6.35. The molecule has 0 radical (unpaired) electrons. The Morgan fingerprint density at radius 2 is 1.74 bits per heavy atom. The lowest BCUT2D eigenvalue weighted by molar-refractivity contribution is -0.140. The molecule has 0 aromatic heterocycles. The molecule has 0 aliphatic heterocycles. The van der Waals surface area contributed by atoms with Crippen molar-refractivity contribution in [3.8, 4) is 0 Å². The van der Waals surface area contributed by atoms with Crippen LogP contribution in [0, 0.1) is 0 Å². The Morgan fingerprint density at radius 1 is 1.04 bits per heavy atom. The van der Waals surface area contributed by atoms with Crippen LogP contribution in [0.2, 0.25) is 15.1 Å². The lowest BCUT2D eigenvalue weighted by atomic mass is 10.1. The van der Waals surface area contributed by atoms with Gasteiger partial charge in [-0.25, -0.2) is 0 Å². The number of halogens is 3. The van der Waals surface area contributed by atoms with Crippen molar-refractivity contribution < 1.29 is 9.59 Å². The topological polar surface area (TPSA) is 49.4 Å². The van der Waals surface area contributed by atoms with Gasteiger partial charge in [-0.3, -0.25) is 9.59 Å². The molecule has 0 saturated carbocycles. The maximum absolute atomic E-state index is 12.9. The third kappa shape index (κ3) is 5.86. The fourth-order valence-corrected chi connectivity index (χ4v) is 3.41. The molecule has 2 aromatic rings. The van der Waals surface area contributed by atoms with Gasteiger partial charge in [-0.05, 0) is 42.7 Å². The molecular formula is C20H21Cl3N2O2. The number of likely N-dealkylation sites (N-methyl/N-ethyl adjacent to an activating group) is 1. The van der Waals surface area contributed by atoms with E-state index in [-0.39, 0.29) is 24.8 Å². The van der Waals surface area contributed by atoms with Gasteiger partial charge in [0.2, 0.25) is 11.8 Å². The van der Waals surface area contributed by atoms with E-state index in [9.17, 15) is 9.59 Å². The fourth-order valence-electron chi connectivity index (χ4n) is 2.71. The molecule has 0 unspecified atom stereocenters. The molecule has 144 valence electrons. The van der Waals surface area contributed by atoms with Crippen molar-refractivity contribution in [3.63, 3.8) is 0 Å². The SMILES string of the molecule is CNC(=O)[C@H](C)N(Cc1ccc(Cl)cc1Cl)C(=O)CCc1ccccc1Cl. The summed E-state index contributed by atoms with van der Waals surface area (Å²) in [5.74, 6) is -0.400. The van der Waals surface area contributed by atoms with Crippen LogP contribution < -0.4 is 5.32 Å². The summed E-state index contributed by atoms with van der Waals surface area (Å²) in [6.45, 7) is 1.90. The van der Waals surface area contributed by atoms with Gasteiger partial charge in [0.1, 0.15) is 6.04 Å². The zero-order valence-corrected chi connectivity index (χ0v) is 17.4. The summed E-state index contributed by atoms with van der Waals surface area (Å²) in [5, 5.41) is 4.17. The number of nitrogens with one attached hydrogen (secondary N) is 1. The normalized spacial score (nSPS) is 11.7. The number of hydrogen-bond acceptors (Lipinski definition) is 2. The van der Waals surface area contributed by atoms with Crippen molar-refractivity contribution in [2.75, 3.05) is 7.05 Å². The van der Waals surface area contributed by atoms with E-state index in [4.69, 9.17) is 34.8 Å². The summed E-state index contributed by atoms with van der Waals surface area (Å²) in [4.78, 5) is 26.6. The summed E-state index contributed by atoms with van der Waals surface area (Å²) >= 11 is 18.4. The lowest BCUT2D eigenvalue weighted by Crippen LogP contribution is -2.46. The number of carbonyl (C=O) groups is 2. The second-order valence-corrected chi connectivity index (χ2v) is 7.39. The van der Waals surface area contributed by atoms with Crippen LogP contribution in [0.3, 0.4) is 0 Å². The third-order valence-corrected chi connectivity index (χ3v) is 5.29. The number of benzene rings is 2. The van der Waals surface area contributed by atoms with E-state index in [2.05, 4.69) is 5.32 Å². The third-order valence-electron chi connectivity index (χ3n) is 4.34. The van der Waals surface area contributed by atoms with Crippen LogP contribution in [0.5, 0.6) is 0 Å². The summed E-state index contributed by atoms with van der Waals surface area (Å²) in [7, 11) is 1.54. The molecule has 1 N–H and O–H groups in total. The standard InChI is InChI=1S/C20H21Cl3N2O2/c1-13(20(27)24-2)25(12-15-7-9-16(21)11-18(15)23)19(26)10-8-14-5-3-4-6-17(14)22/h3-7,9,11,13H,8,10,12H2,1-2H3,(H,24,27)/t13-/m0/s1. The molecule has 0 spiro atoms. The molecule has 0 saturated heterocycles. The highest BCUT2D eigenvalue weighted by Crippen LogP contribution is 2.24. The van der Waals surface area contributed by atoms with Gasteiger partial charge in [0.25, 0.3) is 0 Å². The van der Waals surface area contributed by atoms with E-state index < -0.39 is 6.04 Å². The monoisotopic (exact) mass is 426 g/mol. The van der Waals surface area contributed by atoms with Gasteiger partial charge < -0.3 is 10.2 Å².